The van der Waals surface area contributed by atoms with Crippen molar-refractivity contribution in [2.75, 3.05) is 26.3 Å². The van der Waals surface area contributed by atoms with Crippen LogP contribution in [0.15, 0.2) is 35.1 Å². The number of benzene rings is 1. The van der Waals surface area contributed by atoms with E-state index in [-0.39, 0.29) is 29.4 Å². The van der Waals surface area contributed by atoms with Crippen molar-refractivity contribution >= 4 is 18.3 Å². The number of hydrogen-bond acceptors (Lipinski definition) is 5. The number of aromatic nitrogens is 1. The molecule has 2 bridgehead atoms. The zero-order chi connectivity index (χ0) is 19.8. The standard InChI is InChI=1S/C22H25N3O4.ClH/c26-21(24-11-14-2-5-19-20(9-14)29-7-1-6-28-19)17-3-4-18-16-8-15(10-23-12-16)13-25(18)22(17)27;/h2-5,9,15-16,23H,1,6-8,10-13H2,(H,24,26);1H/t15-,16+;/m0./s1. The summed E-state index contributed by atoms with van der Waals surface area (Å²) < 4.78 is 13.1. The Morgan fingerprint density at radius 2 is 1.97 bits per heavy atom. The van der Waals surface area contributed by atoms with Crippen molar-refractivity contribution in [3.8, 4) is 11.5 Å². The average molecular weight is 432 g/mol. The van der Waals surface area contributed by atoms with Crippen molar-refractivity contribution in [2.45, 2.75) is 31.8 Å². The highest BCUT2D eigenvalue weighted by Crippen LogP contribution is 2.32. The highest BCUT2D eigenvalue weighted by molar-refractivity contribution is 5.93. The van der Waals surface area contributed by atoms with Crippen LogP contribution in [0, 0.1) is 5.92 Å². The second-order valence-corrected chi connectivity index (χ2v) is 8.06. The summed E-state index contributed by atoms with van der Waals surface area (Å²) in [6.07, 6.45) is 1.96. The molecule has 1 fully saturated rings. The number of halogens is 1. The number of carbonyl (C=O) groups is 1. The molecule has 2 atom stereocenters. The number of ether oxygens (including phenoxy) is 2. The van der Waals surface area contributed by atoms with Crippen LogP contribution in [0.1, 0.15) is 40.4 Å². The fraction of sp³-hybridized carbons (Fsp3) is 0.455. The minimum Gasteiger partial charge on any atom is -0.490 e. The lowest BCUT2D eigenvalue weighted by Gasteiger charge is -2.37. The molecule has 0 radical (unpaired) electrons. The molecule has 2 N–H and O–H groups in total. The molecule has 1 amide bonds. The minimum atomic E-state index is -0.341. The van der Waals surface area contributed by atoms with Crippen LogP contribution >= 0.6 is 12.4 Å². The number of pyridine rings is 1. The molecular weight excluding hydrogens is 406 g/mol. The Hall–Kier alpha value is -2.51. The van der Waals surface area contributed by atoms with Crippen molar-refractivity contribution in [3.05, 3.63) is 57.5 Å². The van der Waals surface area contributed by atoms with E-state index in [1.54, 1.807) is 6.07 Å². The predicted molar refractivity (Wildman–Crippen MR) is 115 cm³/mol. The lowest BCUT2D eigenvalue weighted by molar-refractivity contribution is 0.0948. The Bertz CT molecular complexity index is 1010. The Labute approximate surface area is 181 Å². The van der Waals surface area contributed by atoms with Gasteiger partial charge in [0.15, 0.2) is 11.5 Å². The number of rotatable bonds is 3. The molecule has 1 aromatic heterocycles. The van der Waals surface area contributed by atoms with Crippen LogP contribution in [-0.4, -0.2) is 36.8 Å². The van der Waals surface area contributed by atoms with Gasteiger partial charge in [-0.3, -0.25) is 9.59 Å². The van der Waals surface area contributed by atoms with E-state index in [9.17, 15) is 9.59 Å². The van der Waals surface area contributed by atoms with Crippen molar-refractivity contribution in [3.63, 3.8) is 0 Å². The molecule has 1 aromatic carbocycles. The summed E-state index contributed by atoms with van der Waals surface area (Å²) in [4.78, 5) is 25.7. The van der Waals surface area contributed by atoms with Crippen molar-refractivity contribution in [1.82, 2.24) is 15.2 Å². The van der Waals surface area contributed by atoms with Gasteiger partial charge in [-0.05, 0) is 48.7 Å². The molecule has 0 spiro atoms. The molecule has 5 rings (SSSR count). The summed E-state index contributed by atoms with van der Waals surface area (Å²) in [5.41, 5.74) is 1.96. The van der Waals surface area contributed by atoms with Gasteiger partial charge in [-0.25, -0.2) is 0 Å². The highest BCUT2D eigenvalue weighted by Gasteiger charge is 2.31. The van der Waals surface area contributed by atoms with E-state index in [4.69, 9.17) is 9.47 Å². The van der Waals surface area contributed by atoms with Crippen LogP contribution in [0.4, 0.5) is 0 Å². The number of piperidine rings is 1. The van der Waals surface area contributed by atoms with Gasteiger partial charge in [0.2, 0.25) is 0 Å². The maximum absolute atomic E-state index is 13.0. The fourth-order valence-electron chi connectivity index (χ4n) is 4.56. The van der Waals surface area contributed by atoms with E-state index in [1.807, 2.05) is 28.8 Å². The normalized spacial score (nSPS) is 21.6. The summed E-state index contributed by atoms with van der Waals surface area (Å²) in [5, 5.41) is 6.31. The summed E-state index contributed by atoms with van der Waals surface area (Å²) in [6.45, 7) is 4.09. The van der Waals surface area contributed by atoms with Crippen LogP contribution < -0.4 is 25.7 Å². The lowest BCUT2D eigenvalue weighted by atomic mass is 9.84. The van der Waals surface area contributed by atoms with Gasteiger partial charge in [0.25, 0.3) is 11.5 Å². The van der Waals surface area contributed by atoms with Gasteiger partial charge >= 0.3 is 0 Å². The van der Waals surface area contributed by atoms with Crippen molar-refractivity contribution < 1.29 is 14.3 Å². The number of amides is 1. The molecule has 2 aromatic rings. The molecule has 0 aliphatic carbocycles. The first-order chi connectivity index (χ1) is 14.2. The third kappa shape index (κ3) is 3.91. The van der Waals surface area contributed by atoms with Gasteiger partial charge < -0.3 is 24.7 Å². The number of fused-ring (bicyclic) bond motifs is 5. The summed E-state index contributed by atoms with van der Waals surface area (Å²) in [7, 11) is 0. The predicted octanol–water partition coefficient (Wildman–Crippen LogP) is 2.07. The molecular formula is C22H26ClN3O4. The Morgan fingerprint density at radius 3 is 2.83 bits per heavy atom. The quantitative estimate of drug-likeness (QED) is 0.777. The van der Waals surface area contributed by atoms with E-state index >= 15 is 0 Å². The first kappa shape index (κ1) is 20.8. The SMILES string of the molecule is Cl.O=C(NCc1ccc2c(c1)OCCCO2)c1ccc2n(c1=O)C[C@@H]1CNC[C@H]2C1. The van der Waals surface area contributed by atoms with Crippen LogP contribution in [0.3, 0.4) is 0 Å². The lowest BCUT2D eigenvalue weighted by Crippen LogP contribution is -2.46. The molecule has 30 heavy (non-hydrogen) atoms. The molecule has 0 unspecified atom stereocenters. The summed E-state index contributed by atoms with van der Waals surface area (Å²) >= 11 is 0. The van der Waals surface area contributed by atoms with Gasteiger partial charge in [0.1, 0.15) is 5.56 Å². The van der Waals surface area contributed by atoms with Crippen molar-refractivity contribution in [1.29, 1.82) is 0 Å². The first-order valence-corrected chi connectivity index (χ1v) is 10.3. The zero-order valence-corrected chi connectivity index (χ0v) is 17.5. The second-order valence-electron chi connectivity index (χ2n) is 8.06. The monoisotopic (exact) mass is 431 g/mol. The van der Waals surface area contributed by atoms with Gasteiger partial charge in [-0.1, -0.05) is 6.07 Å². The number of hydrogen-bond donors (Lipinski definition) is 2. The number of nitrogens with zero attached hydrogens (tertiary/aromatic N) is 1. The zero-order valence-electron chi connectivity index (χ0n) is 16.7. The van der Waals surface area contributed by atoms with Gasteiger partial charge in [0.05, 0.1) is 13.2 Å². The molecule has 3 aliphatic rings. The molecule has 160 valence electrons. The Morgan fingerprint density at radius 1 is 1.13 bits per heavy atom. The fourth-order valence-corrected chi connectivity index (χ4v) is 4.56. The molecule has 4 heterocycles. The minimum absolute atomic E-state index is 0. The van der Waals surface area contributed by atoms with E-state index < -0.39 is 0 Å². The highest BCUT2D eigenvalue weighted by atomic mass is 35.5. The topological polar surface area (TPSA) is 81.6 Å². The molecule has 3 aliphatic heterocycles. The third-order valence-electron chi connectivity index (χ3n) is 6.02. The van der Waals surface area contributed by atoms with Gasteiger partial charge in [-0.15, -0.1) is 12.4 Å². The number of nitrogens with one attached hydrogen (secondary N) is 2. The van der Waals surface area contributed by atoms with Crippen LogP contribution in [0.25, 0.3) is 0 Å². The maximum Gasteiger partial charge on any atom is 0.263 e. The van der Waals surface area contributed by atoms with Crippen LogP contribution in [0.2, 0.25) is 0 Å². The van der Waals surface area contributed by atoms with Crippen molar-refractivity contribution in [2.24, 2.45) is 5.92 Å². The van der Waals surface area contributed by atoms with Crippen LogP contribution in [-0.2, 0) is 13.1 Å². The second kappa shape index (κ2) is 8.70. The molecule has 8 heteroatoms. The van der Waals surface area contributed by atoms with E-state index in [0.29, 0.717) is 43.9 Å². The van der Waals surface area contributed by atoms with Gasteiger partial charge in [0, 0.05) is 37.7 Å². The summed E-state index contributed by atoms with van der Waals surface area (Å²) in [5.74, 6) is 1.90. The smallest absolute Gasteiger partial charge is 0.263 e. The molecule has 7 nitrogen and oxygen atoms in total. The Balaban J connectivity index is 0.00000218. The molecule has 0 saturated carbocycles. The van der Waals surface area contributed by atoms with Crippen LogP contribution in [0.5, 0.6) is 11.5 Å². The summed E-state index contributed by atoms with van der Waals surface area (Å²) in [6, 6.07) is 9.27. The van der Waals surface area contributed by atoms with Gasteiger partial charge in [-0.2, -0.15) is 0 Å². The number of carbonyl (C=O) groups excluding carboxylic acids is 1. The Kier molecular flexibility index (Phi) is 6.01. The van der Waals surface area contributed by atoms with E-state index in [2.05, 4.69) is 10.6 Å². The van der Waals surface area contributed by atoms with E-state index in [1.165, 1.54) is 0 Å². The first-order valence-electron chi connectivity index (χ1n) is 10.3. The maximum atomic E-state index is 13.0. The molecule has 1 saturated heterocycles. The third-order valence-corrected chi connectivity index (χ3v) is 6.02. The average Bonchev–Trinajstić information content (AvgIpc) is 2.98. The van der Waals surface area contributed by atoms with E-state index in [0.717, 1.165) is 42.9 Å². The largest absolute Gasteiger partial charge is 0.490 e.